The van der Waals surface area contributed by atoms with Gasteiger partial charge in [0.1, 0.15) is 11.9 Å². The molecule has 4 N–H and O–H groups in total. The molecule has 0 saturated heterocycles. The quantitative estimate of drug-likeness (QED) is 0.278. The van der Waals surface area contributed by atoms with Gasteiger partial charge in [0.2, 0.25) is 11.8 Å². The van der Waals surface area contributed by atoms with Crippen LogP contribution in [0.3, 0.4) is 0 Å². The number of fused-ring (bicyclic) bond motifs is 1. The number of nitrogen functional groups attached to an aromatic ring is 2. The number of benzene rings is 2. The lowest BCUT2D eigenvalue weighted by Crippen LogP contribution is -2.33. The Hall–Kier alpha value is -5.72. The van der Waals surface area contributed by atoms with E-state index in [-0.39, 0.29) is 23.7 Å². The molecule has 1 unspecified atom stereocenters. The number of anilines is 2. The summed E-state index contributed by atoms with van der Waals surface area (Å²) < 4.78 is 21.9. The number of methoxy groups -OCH3 is 4. The SMILES string of the molecule is COc1ncc(C2c3ccccc3C=NN2C(=O)/C=C/c2cc(Cc3cnc(N)nc3N)cc(OC)c2OC)c(OC)n1. The number of rotatable bonds is 9. The van der Waals surface area contributed by atoms with Crippen LogP contribution in [0.25, 0.3) is 6.08 Å². The van der Waals surface area contributed by atoms with Crippen molar-refractivity contribution in [3.05, 3.63) is 88.2 Å². The van der Waals surface area contributed by atoms with Gasteiger partial charge in [-0.15, -0.1) is 0 Å². The fourth-order valence-electron chi connectivity index (χ4n) is 4.80. The zero-order chi connectivity index (χ0) is 30.5. The molecule has 0 aliphatic carbocycles. The highest BCUT2D eigenvalue weighted by molar-refractivity contribution is 5.95. The largest absolute Gasteiger partial charge is 0.493 e. The van der Waals surface area contributed by atoms with Crippen molar-refractivity contribution in [2.45, 2.75) is 12.5 Å². The number of ether oxygens (including phenoxy) is 4. The van der Waals surface area contributed by atoms with Crippen LogP contribution >= 0.6 is 0 Å². The first-order chi connectivity index (χ1) is 20.9. The second-order valence-electron chi connectivity index (χ2n) is 9.35. The van der Waals surface area contributed by atoms with Crippen molar-refractivity contribution < 1.29 is 23.7 Å². The molecular weight excluding hydrogens is 552 g/mol. The molecule has 0 fully saturated rings. The number of nitrogens with zero attached hydrogens (tertiary/aromatic N) is 6. The third-order valence-corrected chi connectivity index (χ3v) is 6.80. The summed E-state index contributed by atoms with van der Waals surface area (Å²) in [5.74, 6) is 1.15. The number of amides is 1. The summed E-state index contributed by atoms with van der Waals surface area (Å²) in [5.41, 5.74) is 16.0. The maximum atomic E-state index is 13.8. The van der Waals surface area contributed by atoms with E-state index in [1.807, 2.05) is 36.4 Å². The minimum absolute atomic E-state index is 0.0934. The van der Waals surface area contributed by atoms with Crippen molar-refractivity contribution in [1.29, 1.82) is 0 Å². The van der Waals surface area contributed by atoms with Gasteiger partial charge in [0, 0.05) is 41.6 Å². The molecule has 5 rings (SSSR count). The molecule has 2 aromatic heterocycles. The molecule has 3 heterocycles. The molecule has 1 atom stereocenters. The molecule has 0 saturated carbocycles. The lowest BCUT2D eigenvalue weighted by molar-refractivity contribution is -0.127. The first-order valence-electron chi connectivity index (χ1n) is 13.1. The molecule has 1 aliphatic rings. The van der Waals surface area contributed by atoms with Crippen LogP contribution in [0.1, 0.15) is 39.4 Å². The number of nitrogens with two attached hydrogens (primary N) is 2. The van der Waals surface area contributed by atoms with Crippen molar-refractivity contribution in [3.63, 3.8) is 0 Å². The van der Waals surface area contributed by atoms with Crippen LogP contribution in [-0.4, -0.2) is 65.5 Å². The molecule has 43 heavy (non-hydrogen) atoms. The van der Waals surface area contributed by atoms with Gasteiger partial charge in [0.15, 0.2) is 11.5 Å². The van der Waals surface area contributed by atoms with Gasteiger partial charge in [0.25, 0.3) is 5.91 Å². The van der Waals surface area contributed by atoms with Gasteiger partial charge in [-0.2, -0.15) is 15.1 Å². The van der Waals surface area contributed by atoms with Gasteiger partial charge in [0.05, 0.1) is 40.2 Å². The minimum atomic E-state index is -0.671. The highest BCUT2D eigenvalue weighted by atomic mass is 16.5. The van der Waals surface area contributed by atoms with Gasteiger partial charge in [-0.1, -0.05) is 24.3 Å². The standard InChI is InChI=1S/C30H30N8O5/c1-40-23-13-17(12-20-14-33-29(32)36-27(20)31)11-18(26(23)41-2)9-10-24(39)38-25(21-8-6-5-7-19(21)15-35-38)22-16-34-30(43-4)37-28(22)42-3/h5-11,13-16,25H,12H2,1-4H3,(H4,31,32,33,36)/b10-9+. The number of hydrogen-bond acceptors (Lipinski definition) is 12. The Kier molecular flexibility index (Phi) is 8.32. The summed E-state index contributed by atoms with van der Waals surface area (Å²) in [5, 5.41) is 5.85. The van der Waals surface area contributed by atoms with Gasteiger partial charge >= 0.3 is 6.01 Å². The molecule has 0 bridgehead atoms. The fraction of sp³-hybridized carbons (Fsp3) is 0.200. The summed E-state index contributed by atoms with van der Waals surface area (Å²) in [6, 6.07) is 10.8. The Labute approximate surface area is 247 Å². The highest BCUT2D eigenvalue weighted by Crippen LogP contribution is 2.39. The van der Waals surface area contributed by atoms with Crippen LogP contribution in [0.4, 0.5) is 11.8 Å². The summed E-state index contributed by atoms with van der Waals surface area (Å²) in [6.07, 6.45) is 8.24. The van der Waals surface area contributed by atoms with Crippen LogP contribution in [0.2, 0.25) is 0 Å². The van der Waals surface area contributed by atoms with Crippen LogP contribution < -0.4 is 30.4 Å². The Morgan fingerprint density at radius 2 is 1.77 bits per heavy atom. The maximum Gasteiger partial charge on any atom is 0.319 e. The van der Waals surface area contributed by atoms with E-state index in [2.05, 4.69) is 25.0 Å². The Balaban J connectivity index is 1.52. The fourth-order valence-corrected chi connectivity index (χ4v) is 4.80. The van der Waals surface area contributed by atoms with Gasteiger partial charge < -0.3 is 30.4 Å². The van der Waals surface area contributed by atoms with E-state index < -0.39 is 11.9 Å². The van der Waals surface area contributed by atoms with Crippen molar-refractivity contribution in [3.8, 4) is 23.4 Å². The first kappa shape index (κ1) is 28.8. The zero-order valence-electron chi connectivity index (χ0n) is 24.0. The third-order valence-electron chi connectivity index (χ3n) is 6.80. The van der Waals surface area contributed by atoms with Crippen molar-refractivity contribution in [2.24, 2.45) is 5.10 Å². The molecule has 1 aliphatic heterocycles. The molecule has 220 valence electrons. The lowest BCUT2D eigenvalue weighted by Gasteiger charge is -2.31. The van der Waals surface area contributed by atoms with Gasteiger partial charge in [-0.25, -0.2) is 15.0 Å². The maximum absolute atomic E-state index is 13.8. The lowest BCUT2D eigenvalue weighted by atomic mass is 9.94. The number of carbonyl (C=O) groups is 1. The third kappa shape index (κ3) is 5.86. The van der Waals surface area contributed by atoms with E-state index in [0.29, 0.717) is 34.6 Å². The van der Waals surface area contributed by atoms with E-state index in [1.54, 1.807) is 24.7 Å². The van der Waals surface area contributed by atoms with Crippen molar-refractivity contribution in [1.82, 2.24) is 24.9 Å². The van der Waals surface area contributed by atoms with Crippen LogP contribution in [-0.2, 0) is 11.2 Å². The van der Waals surface area contributed by atoms with Crippen LogP contribution in [0, 0.1) is 0 Å². The van der Waals surface area contributed by atoms with E-state index in [9.17, 15) is 4.79 Å². The molecule has 1 amide bonds. The molecule has 13 nitrogen and oxygen atoms in total. The average molecular weight is 583 g/mol. The highest BCUT2D eigenvalue weighted by Gasteiger charge is 2.33. The molecule has 0 radical (unpaired) electrons. The second-order valence-corrected chi connectivity index (χ2v) is 9.35. The monoisotopic (exact) mass is 582 g/mol. The van der Waals surface area contributed by atoms with Crippen molar-refractivity contribution in [2.75, 3.05) is 39.9 Å². The number of hydrazone groups is 1. The Bertz CT molecular complexity index is 1730. The number of carbonyl (C=O) groups excluding carboxylic acids is 1. The topological polar surface area (TPSA) is 173 Å². The minimum Gasteiger partial charge on any atom is -0.493 e. The van der Waals surface area contributed by atoms with Crippen LogP contribution in [0.15, 0.2) is 60.0 Å². The zero-order valence-corrected chi connectivity index (χ0v) is 24.0. The second kappa shape index (κ2) is 12.4. The smallest absolute Gasteiger partial charge is 0.319 e. The number of aromatic nitrogens is 4. The predicted molar refractivity (Wildman–Crippen MR) is 160 cm³/mol. The predicted octanol–water partition coefficient (Wildman–Crippen LogP) is 3.04. The van der Waals surface area contributed by atoms with E-state index in [4.69, 9.17) is 30.4 Å². The average Bonchev–Trinajstić information content (AvgIpc) is 3.03. The summed E-state index contributed by atoms with van der Waals surface area (Å²) in [4.78, 5) is 30.5. The van der Waals surface area contributed by atoms with Gasteiger partial charge in [-0.05, 0) is 29.3 Å². The number of hydrogen-bond donors (Lipinski definition) is 2. The first-order valence-corrected chi connectivity index (χ1v) is 13.1. The summed E-state index contributed by atoms with van der Waals surface area (Å²) >= 11 is 0. The molecule has 2 aromatic carbocycles. The Morgan fingerprint density at radius 1 is 0.953 bits per heavy atom. The molecular formula is C30H30N8O5. The van der Waals surface area contributed by atoms with E-state index >= 15 is 0 Å². The van der Waals surface area contributed by atoms with E-state index in [0.717, 1.165) is 16.7 Å². The molecule has 4 aromatic rings. The van der Waals surface area contributed by atoms with Crippen molar-refractivity contribution >= 4 is 30.0 Å². The summed E-state index contributed by atoms with van der Waals surface area (Å²) in [6.45, 7) is 0. The normalized spacial score (nSPS) is 14.0. The Morgan fingerprint density at radius 3 is 2.49 bits per heavy atom. The molecule has 0 spiro atoms. The van der Waals surface area contributed by atoms with E-state index in [1.165, 1.54) is 39.5 Å². The van der Waals surface area contributed by atoms with Crippen LogP contribution in [0.5, 0.6) is 23.4 Å². The molecule has 13 heteroatoms. The summed E-state index contributed by atoms with van der Waals surface area (Å²) in [7, 11) is 6.02. The van der Waals surface area contributed by atoms with Gasteiger partial charge in [-0.3, -0.25) is 4.79 Å².